The van der Waals surface area contributed by atoms with Crippen LogP contribution < -0.4 is 0 Å². The summed E-state index contributed by atoms with van der Waals surface area (Å²) in [4.78, 5) is 53.9. The molecule has 27 atom stereocenters. The number of carbonyl (C=O) groups is 4. The molecule has 0 bridgehead atoms. The van der Waals surface area contributed by atoms with Gasteiger partial charge in [0.2, 0.25) is 11.8 Å². The molecule has 12 aliphatic carbocycles. The van der Waals surface area contributed by atoms with E-state index in [1.807, 2.05) is 70.6 Å². The highest BCUT2D eigenvalue weighted by molar-refractivity contribution is 7.59. The number of hydrogen-bond donors (Lipinski definition) is 5. The zero-order valence-electron chi connectivity index (χ0n) is 77.6. The number of ether oxygens (including phenoxy) is 3. The monoisotopic (exact) mass is 1780 g/mol. The molecule has 0 radical (unpaired) electrons. The number of carbonyl (C=O) groups excluding carboxylic acids is 3. The Kier molecular flexibility index (Phi) is 40.1. The van der Waals surface area contributed by atoms with Crippen molar-refractivity contribution >= 4 is 37.1 Å². The van der Waals surface area contributed by atoms with Gasteiger partial charge in [-0.2, -0.15) is 13.5 Å². The maximum absolute atomic E-state index is 13.8. The Morgan fingerprint density at radius 1 is 0.405 bits per heavy atom. The normalized spacial score (nSPS) is 35.6. The molecule has 4 aromatic rings. The number of terminal acetylenes is 1. The minimum Gasteiger partial charge on any atom is -0.481 e. The van der Waals surface area contributed by atoms with Crippen molar-refractivity contribution in [3.63, 3.8) is 0 Å². The Bertz CT molecular complexity index is 3900. The van der Waals surface area contributed by atoms with Crippen molar-refractivity contribution in [2.24, 2.45) is 123 Å². The molecule has 0 saturated heterocycles. The molecule has 4 aromatic carbocycles. The van der Waals surface area contributed by atoms with Gasteiger partial charge in [0.05, 0.1) is 54.6 Å². The van der Waals surface area contributed by atoms with E-state index >= 15 is 0 Å². The molecule has 0 aliphatic heterocycles. The molecule has 12 fully saturated rings. The fourth-order valence-corrected chi connectivity index (χ4v) is 27.9. The van der Waals surface area contributed by atoms with Gasteiger partial charge in [0.25, 0.3) is 0 Å². The highest BCUT2D eigenvalue weighted by atomic mass is 32.1. The number of carboxylic acid groups (broad SMARTS) is 1. The summed E-state index contributed by atoms with van der Waals surface area (Å²) in [6.45, 7) is 26.4. The SMILES string of the molecule is C.C.C#C.CC(=O)c1ccc(F)cc1.CCC(C)c1ccc(F)cc1.CCOC[C@@]1(O)CC[C@H]2[C@H](CC[C@@H]3[C@@H]2CC[C@]2(C)[C@@H](C(=O)N(C)[C@@H](C)c4ccc(F)cc4)CC[C@@H]32)C1.CCOC[C@@]1(O)CC[C@H]2[C@H](CC[C@@H]3[C@@H]2CC[C@]2(C)[C@@H](C(=O)N(C)[C@H](C)c4ccc(F)cc4)CC[C@@H]32)C1.CCOC[C@@]1(O)CC[C@H]2[C@H](CC[C@@H]3[C@@H]2CC[C@]2(C)[C@@H](C(=O)O)CC[C@@H]32)C1.CO.S. The summed E-state index contributed by atoms with van der Waals surface area (Å²) >= 11 is 0. The van der Waals surface area contributed by atoms with Crippen molar-refractivity contribution in [2.75, 3.05) is 60.8 Å². The fourth-order valence-electron chi connectivity index (χ4n) is 27.9. The van der Waals surface area contributed by atoms with E-state index in [4.69, 9.17) is 19.3 Å². The van der Waals surface area contributed by atoms with Crippen LogP contribution in [0, 0.1) is 159 Å². The summed E-state index contributed by atoms with van der Waals surface area (Å²) < 4.78 is 68.4. The average Bonchev–Trinajstić information content (AvgIpc) is 1.53. The highest BCUT2D eigenvalue weighted by Gasteiger charge is 2.63. The van der Waals surface area contributed by atoms with E-state index in [0.29, 0.717) is 86.6 Å². The van der Waals surface area contributed by atoms with Crippen LogP contribution in [-0.4, -0.2) is 137 Å². The van der Waals surface area contributed by atoms with Crippen LogP contribution in [0.15, 0.2) is 97.1 Å². The minimum atomic E-state index is -0.635. The van der Waals surface area contributed by atoms with Crippen LogP contribution in [0.2, 0.25) is 0 Å². The summed E-state index contributed by atoms with van der Waals surface area (Å²) in [5.41, 5.74) is 2.01. The number of carboxylic acids is 1. The van der Waals surface area contributed by atoms with Crippen molar-refractivity contribution in [3.05, 3.63) is 143 Å². The van der Waals surface area contributed by atoms with Gasteiger partial charge in [0.15, 0.2) is 5.78 Å². The molecule has 2 amide bonds. The molecular formula is C107H164F4N2O12S. The molecule has 0 heterocycles. The van der Waals surface area contributed by atoms with Gasteiger partial charge in [-0.3, -0.25) is 19.2 Å². The number of ketones is 1. The number of amides is 2. The van der Waals surface area contributed by atoms with Crippen molar-refractivity contribution < 1.29 is 76.5 Å². The summed E-state index contributed by atoms with van der Waals surface area (Å²) in [7, 11) is 4.85. The van der Waals surface area contributed by atoms with Crippen LogP contribution in [-0.2, 0) is 28.6 Å². The second kappa shape index (κ2) is 47.1. The van der Waals surface area contributed by atoms with E-state index in [1.54, 1.807) is 24.3 Å². The number of hydrogen-bond acceptors (Lipinski definition) is 11. The van der Waals surface area contributed by atoms with Gasteiger partial charge < -0.3 is 49.5 Å². The second-order valence-electron chi connectivity index (χ2n) is 40.8. The van der Waals surface area contributed by atoms with Gasteiger partial charge in [-0.1, -0.05) is 85.9 Å². The first-order chi connectivity index (χ1) is 58.6. The molecule has 12 saturated carbocycles. The van der Waals surface area contributed by atoms with Gasteiger partial charge in [-0.25, -0.2) is 17.6 Å². The van der Waals surface area contributed by atoms with E-state index in [-0.39, 0.29) is 115 Å². The maximum atomic E-state index is 13.8. The lowest BCUT2D eigenvalue weighted by molar-refractivity contribution is -0.152. The van der Waals surface area contributed by atoms with Crippen LogP contribution >= 0.6 is 13.5 Å². The molecule has 5 N–H and O–H groups in total. The first-order valence-electron chi connectivity index (χ1n) is 47.6. The number of nitrogens with zero attached hydrogens (tertiary/aromatic N) is 2. The zero-order chi connectivity index (χ0) is 89.7. The van der Waals surface area contributed by atoms with E-state index in [2.05, 4.69) is 47.5 Å². The number of rotatable bonds is 19. The Morgan fingerprint density at radius 3 is 0.952 bits per heavy atom. The Labute approximate surface area is 763 Å². The number of fused-ring (bicyclic) bond motifs is 15. The topological polar surface area (TPSA) is 204 Å². The third kappa shape index (κ3) is 24.0. The summed E-state index contributed by atoms with van der Waals surface area (Å²) in [6.07, 6.45) is 38.5. The highest BCUT2D eigenvalue weighted by Crippen LogP contribution is 2.69. The lowest BCUT2D eigenvalue weighted by atomic mass is 9.49. The van der Waals surface area contributed by atoms with Gasteiger partial charge in [-0.15, -0.1) is 12.8 Å². The average molecular weight is 1780 g/mol. The molecular weight excluding hydrogens is 1610 g/mol. The molecule has 0 aromatic heterocycles. The zero-order valence-corrected chi connectivity index (χ0v) is 78.6. The third-order valence-corrected chi connectivity index (χ3v) is 34.8. The second-order valence-corrected chi connectivity index (χ2v) is 40.8. The van der Waals surface area contributed by atoms with Gasteiger partial charge in [0, 0.05) is 58.4 Å². The molecule has 12 aliphatic rings. The number of aliphatic hydroxyl groups excluding tert-OH is 1. The largest absolute Gasteiger partial charge is 0.481 e. The smallest absolute Gasteiger partial charge is 0.307 e. The molecule has 708 valence electrons. The van der Waals surface area contributed by atoms with Crippen LogP contribution in [0.3, 0.4) is 0 Å². The summed E-state index contributed by atoms with van der Waals surface area (Å²) in [5, 5.41) is 49.9. The summed E-state index contributed by atoms with van der Waals surface area (Å²) in [6, 6.07) is 25.2. The van der Waals surface area contributed by atoms with Crippen molar-refractivity contribution in [1.29, 1.82) is 0 Å². The first-order valence-corrected chi connectivity index (χ1v) is 47.6. The standard InChI is InChI=1S/2C31H46FNO3.C22H36O4.C10H13F.C8H7FO.C2H2.CH4O.2CH4.H2S/c2*1-5-36-19-31(35)17-15-24-22(18-31)8-11-26-25(24)14-16-30(3)27(26)12-13-28(30)29(34)33(4)20(2)21-6-9-23(32)10-7-21;1-3-26-13-22(25)11-9-15-14(12-22)4-5-17-16(15)8-10-21(2)18(17)6-7-19(21)20(23)24;1-3-8(2)9-4-6-10(11)7-5-9;1-6(10)7-2-4-8(9)5-3-7;2*1-2;;;/h2*6-7,9-10,20,22,24-28,35H,5,8,11-19H2,1-4H3;14-19,25H,3-13H2,1-2H3,(H,23,24);4-8H,3H2,1-2H3;2-5H,1H3;1-2H;2H,1H3;2*1H4;1H2/t20-,22+,24-,25+,26+,27-,28+,30-,31+;20-,22-,24+,25-,26-,27+,28-,30+,31-;14-,15+,16-,17-,18+,19-,21+,22-;;;;;;;/m011......./s1. The minimum absolute atomic E-state index is 0. The molecule has 0 spiro atoms. The number of benzene rings is 4. The van der Waals surface area contributed by atoms with E-state index < -0.39 is 22.8 Å². The Balaban J connectivity index is 0.000000227. The van der Waals surface area contributed by atoms with Crippen LogP contribution in [0.1, 0.15) is 316 Å². The predicted octanol–water partition coefficient (Wildman–Crippen LogP) is 23.5. The lowest BCUT2D eigenvalue weighted by Gasteiger charge is -2.57. The number of aliphatic hydroxyl groups is 4. The number of aliphatic carboxylic acids is 1. The summed E-state index contributed by atoms with van der Waals surface area (Å²) in [5.74, 6) is 9.91. The van der Waals surface area contributed by atoms with E-state index in [0.717, 1.165) is 181 Å². The lowest BCUT2D eigenvalue weighted by Crippen LogP contribution is -2.53. The van der Waals surface area contributed by atoms with Crippen LogP contribution in [0.4, 0.5) is 17.6 Å². The van der Waals surface area contributed by atoms with E-state index in [1.165, 1.54) is 144 Å². The van der Waals surface area contributed by atoms with Crippen molar-refractivity contribution in [3.8, 4) is 12.8 Å². The van der Waals surface area contributed by atoms with Crippen molar-refractivity contribution in [2.45, 2.75) is 306 Å². The number of halogens is 4. The first kappa shape index (κ1) is 107. The van der Waals surface area contributed by atoms with Crippen molar-refractivity contribution in [1.82, 2.24) is 9.80 Å². The quantitative estimate of drug-likeness (QED) is 0.0338. The molecule has 14 nitrogen and oxygen atoms in total. The molecule has 126 heavy (non-hydrogen) atoms. The number of Topliss-reactive ketones (excluding diaryl/α,β-unsaturated/α-hetero) is 1. The molecule has 1 unspecified atom stereocenters. The molecule has 19 heteroatoms. The maximum Gasteiger partial charge on any atom is 0.307 e. The van der Waals surface area contributed by atoms with Gasteiger partial charge in [-0.05, 0) is 410 Å². The fraction of sp³-hybridized carbons (Fsp3) is 0.720. The van der Waals surface area contributed by atoms with E-state index in [9.17, 15) is 57.2 Å². The third-order valence-electron chi connectivity index (χ3n) is 34.8. The Morgan fingerprint density at radius 2 is 0.675 bits per heavy atom. The van der Waals surface area contributed by atoms with Crippen LogP contribution in [0.5, 0.6) is 0 Å². The van der Waals surface area contributed by atoms with Crippen LogP contribution in [0.25, 0.3) is 0 Å². The van der Waals surface area contributed by atoms with Gasteiger partial charge in [0.1, 0.15) is 23.3 Å². The molecule has 16 rings (SSSR count). The Hall–Kier alpha value is -5.69. The van der Waals surface area contributed by atoms with Gasteiger partial charge >= 0.3 is 5.97 Å². The predicted molar refractivity (Wildman–Crippen MR) is 502 cm³/mol.